The second-order valence-corrected chi connectivity index (χ2v) is 6.79. The minimum Gasteiger partial charge on any atom is -0.370 e. The molecule has 2 aromatic carbocycles. The first kappa shape index (κ1) is 19.2. The van der Waals surface area contributed by atoms with Crippen LogP contribution in [-0.4, -0.2) is 30.6 Å². The van der Waals surface area contributed by atoms with E-state index in [2.05, 4.69) is 11.4 Å². The number of rotatable bonds is 3. The molecule has 0 aliphatic carbocycles. The Kier molecular flexibility index (Phi) is 5.94. The van der Waals surface area contributed by atoms with Crippen molar-refractivity contribution in [3.63, 3.8) is 0 Å². The molecular formula is C20H19ClFN3O2. The molecule has 3 rings (SSSR count). The van der Waals surface area contributed by atoms with Gasteiger partial charge in [-0.15, -0.1) is 0 Å². The van der Waals surface area contributed by atoms with Crippen molar-refractivity contribution in [3.8, 4) is 6.07 Å². The summed E-state index contributed by atoms with van der Waals surface area (Å²) >= 11 is 5.85. The van der Waals surface area contributed by atoms with E-state index in [4.69, 9.17) is 21.6 Å². The number of hydrogen-bond donors (Lipinski definition) is 1. The Hall–Kier alpha value is -2.62. The molecule has 1 N–H and O–H groups in total. The van der Waals surface area contributed by atoms with Gasteiger partial charge >= 0.3 is 6.03 Å². The monoisotopic (exact) mass is 387 g/mol. The normalized spacial score (nSPS) is 17.9. The van der Waals surface area contributed by atoms with Gasteiger partial charge in [0.25, 0.3) is 0 Å². The zero-order chi connectivity index (χ0) is 19.4. The lowest BCUT2D eigenvalue weighted by atomic mass is 10.1. The van der Waals surface area contributed by atoms with E-state index in [0.29, 0.717) is 25.3 Å². The Morgan fingerprint density at radius 3 is 2.96 bits per heavy atom. The fourth-order valence-electron chi connectivity index (χ4n) is 2.99. The van der Waals surface area contributed by atoms with Gasteiger partial charge in [0.15, 0.2) is 0 Å². The van der Waals surface area contributed by atoms with Crippen LogP contribution in [0, 0.1) is 17.1 Å². The van der Waals surface area contributed by atoms with E-state index in [-0.39, 0.29) is 23.2 Å². The topological polar surface area (TPSA) is 65.4 Å². The fourth-order valence-corrected chi connectivity index (χ4v) is 3.17. The molecule has 0 radical (unpaired) electrons. The summed E-state index contributed by atoms with van der Waals surface area (Å²) in [5, 5.41) is 12.0. The lowest BCUT2D eigenvalue weighted by Crippen LogP contribution is -2.47. The van der Waals surface area contributed by atoms with Gasteiger partial charge in [-0.3, -0.25) is 0 Å². The smallest absolute Gasteiger partial charge is 0.318 e. The molecule has 1 aliphatic rings. The van der Waals surface area contributed by atoms with Crippen LogP contribution in [0.2, 0.25) is 5.02 Å². The van der Waals surface area contributed by atoms with Crippen molar-refractivity contribution < 1.29 is 13.9 Å². The van der Waals surface area contributed by atoms with Gasteiger partial charge in [0.05, 0.1) is 35.8 Å². The van der Waals surface area contributed by atoms with Crippen molar-refractivity contribution in [1.29, 1.82) is 5.26 Å². The number of amides is 2. The fraction of sp³-hybridized carbons (Fsp3) is 0.300. The highest BCUT2D eigenvalue weighted by Gasteiger charge is 2.26. The number of carbonyl (C=O) groups excluding carboxylic acids is 1. The maximum atomic E-state index is 13.4. The molecule has 0 saturated carbocycles. The molecule has 2 amide bonds. The lowest BCUT2D eigenvalue weighted by Gasteiger charge is -2.34. The van der Waals surface area contributed by atoms with Crippen molar-refractivity contribution in [2.45, 2.75) is 19.1 Å². The van der Waals surface area contributed by atoms with Gasteiger partial charge in [-0.25, -0.2) is 9.18 Å². The Morgan fingerprint density at radius 1 is 1.41 bits per heavy atom. The number of carbonyl (C=O) groups is 1. The number of hydrogen-bond acceptors (Lipinski definition) is 3. The largest absolute Gasteiger partial charge is 0.370 e. The van der Waals surface area contributed by atoms with Crippen molar-refractivity contribution in [3.05, 3.63) is 70.0 Å². The number of benzene rings is 2. The lowest BCUT2D eigenvalue weighted by molar-refractivity contribution is -0.0157. The van der Waals surface area contributed by atoms with Crippen LogP contribution in [0.15, 0.2) is 42.5 Å². The number of nitrogens with zero attached hydrogens (tertiary/aromatic N) is 2. The minimum atomic E-state index is -0.487. The molecule has 27 heavy (non-hydrogen) atoms. The van der Waals surface area contributed by atoms with Gasteiger partial charge in [-0.05, 0) is 42.3 Å². The van der Waals surface area contributed by atoms with E-state index >= 15 is 0 Å². The zero-order valence-electron chi connectivity index (χ0n) is 14.8. The van der Waals surface area contributed by atoms with E-state index in [1.165, 1.54) is 12.1 Å². The zero-order valence-corrected chi connectivity index (χ0v) is 15.5. The maximum Gasteiger partial charge on any atom is 0.318 e. The SMILES string of the molecule is C[C@@H](NC(=O)N1CCO[C@@H](c2ccc(F)c(Cl)c2)C1)c1cccc(C#N)c1. The highest BCUT2D eigenvalue weighted by molar-refractivity contribution is 6.30. The van der Waals surface area contributed by atoms with E-state index in [9.17, 15) is 9.18 Å². The molecule has 1 aliphatic heterocycles. The third kappa shape index (κ3) is 4.57. The summed E-state index contributed by atoms with van der Waals surface area (Å²) in [5.74, 6) is -0.487. The predicted molar refractivity (Wildman–Crippen MR) is 99.8 cm³/mol. The molecule has 1 heterocycles. The number of ether oxygens (including phenoxy) is 1. The first-order valence-electron chi connectivity index (χ1n) is 8.60. The van der Waals surface area contributed by atoms with Crippen LogP contribution < -0.4 is 5.32 Å². The highest BCUT2D eigenvalue weighted by atomic mass is 35.5. The number of halogens is 2. The number of urea groups is 1. The first-order chi connectivity index (χ1) is 13.0. The molecular weight excluding hydrogens is 369 g/mol. The van der Waals surface area contributed by atoms with Gasteiger partial charge in [0.2, 0.25) is 0 Å². The molecule has 0 bridgehead atoms. The van der Waals surface area contributed by atoms with Crippen molar-refractivity contribution in [1.82, 2.24) is 10.2 Å². The molecule has 7 heteroatoms. The van der Waals surface area contributed by atoms with E-state index in [1.807, 2.05) is 13.0 Å². The molecule has 1 fully saturated rings. The van der Waals surface area contributed by atoms with Gasteiger partial charge in [0, 0.05) is 6.54 Å². The first-order valence-corrected chi connectivity index (χ1v) is 8.98. The standard InChI is InChI=1S/C20H19ClFN3O2/c1-13(15-4-2-3-14(9-15)11-23)24-20(26)25-7-8-27-19(12-25)16-5-6-18(22)17(21)10-16/h2-6,9-10,13,19H,7-8,12H2,1H3,(H,24,26)/t13-,19-/m1/s1. The Balaban J connectivity index is 1.65. The summed E-state index contributed by atoms with van der Waals surface area (Å²) in [5.41, 5.74) is 2.14. The third-order valence-electron chi connectivity index (χ3n) is 4.52. The Labute approximate surface area is 162 Å². The predicted octanol–water partition coefficient (Wildman–Crippen LogP) is 4.19. The van der Waals surface area contributed by atoms with Crippen molar-refractivity contribution >= 4 is 17.6 Å². The van der Waals surface area contributed by atoms with E-state index in [1.54, 1.807) is 29.2 Å². The molecule has 5 nitrogen and oxygen atoms in total. The molecule has 1 saturated heterocycles. The summed E-state index contributed by atoms with van der Waals surface area (Å²) < 4.78 is 19.1. The molecule has 2 aromatic rings. The van der Waals surface area contributed by atoms with Gasteiger partial charge in [0.1, 0.15) is 11.9 Å². The quantitative estimate of drug-likeness (QED) is 0.858. The van der Waals surface area contributed by atoms with Crippen LogP contribution in [0.4, 0.5) is 9.18 Å². The maximum absolute atomic E-state index is 13.4. The van der Waals surface area contributed by atoms with Crippen LogP contribution in [0.1, 0.15) is 35.8 Å². The second kappa shape index (κ2) is 8.38. The molecule has 0 unspecified atom stereocenters. The van der Waals surface area contributed by atoms with E-state index in [0.717, 1.165) is 11.1 Å². The average molecular weight is 388 g/mol. The summed E-state index contributed by atoms with van der Waals surface area (Å²) in [7, 11) is 0. The van der Waals surface area contributed by atoms with Gasteiger partial charge in [-0.2, -0.15) is 5.26 Å². The Bertz CT molecular complexity index is 884. The van der Waals surface area contributed by atoms with Crippen LogP contribution in [0.25, 0.3) is 0 Å². The number of nitrogens with one attached hydrogen (secondary N) is 1. The number of nitriles is 1. The van der Waals surface area contributed by atoms with Crippen LogP contribution >= 0.6 is 11.6 Å². The third-order valence-corrected chi connectivity index (χ3v) is 4.81. The van der Waals surface area contributed by atoms with E-state index < -0.39 is 5.82 Å². The molecule has 140 valence electrons. The second-order valence-electron chi connectivity index (χ2n) is 6.39. The summed E-state index contributed by atoms with van der Waals surface area (Å²) in [6.45, 7) is 3.05. The summed E-state index contributed by atoms with van der Waals surface area (Å²) in [4.78, 5) is 14.3. The van der Waals surface area contributed by atoms with Gasteiger partial charge < -0.3 is 15.0 Å². The van der Waals surface area contributed by atoms with Crippen LogP contribution in [0.3, 0.4) is 0 Å². The highest BCUT2D eigenvalue weighted by Crippen LogP contribution is 2.26. The number of morpholine rings is 1. The Morgan fingerprint density at radius 2 is 2.22 bits per heavy atom. The summed E-state index contributed by atoms with van der Waals surface area (Å²) in [6.07, 6.45) is -0.361. The van der Waals surface area contributed by atoms with Crippen molar-refractivity contribution in [2.75, 3.05) is 19.7 Å². The minimum absolute atomic E-state index is 0.0312. The van der Waals surface area contributed by atoms with Crippen LogP contribution in [-0.2, 0) is 4.74 Å². The summed E-state index contributed by atoms with van der Waals surface area (Å²) in [6, 6.07) is 13.2. The van der Waals surface area contributed by atoms with Crippen molar-refractivity contribution in [2.24, 2.45) is 0 Å². The molecule has 0 spiro atoms. The molecule has 2 atom stereocenters. The van der Waals surface area contributed by atoms with Crippen LogP contribution in [0.5, 0.6) is 0 Å². The molecule has 0 aromatic heterocycles. The van der Waals surface area contributed by atoms with Gasteiger partial charge in [-0.1, -0.05) is 29.8 Å². The average Bonchev–Trinajstić information content (AvgIpc) is 2.70.